The summed E-state index contributed by atoms with van der Waals surface area (Å²) in [6.07, 6.45) is -5.00. The topological polar surface area (TPSA) is 35.2 Å². The second-order valence-electron chi connectivity index (χ2n) is 3.76. The number of rotatable bonds is 2. The fourth-order valence-electron chi connectivity index (χ4n) is 1.63. The summed E-state index contributed by atoms with van der Waals surface area (Å²) >= 11 is 0. The summed E-state index contributed by atoms with van der Waals surface area (Å²) in [5.41, 5.74) is 5.33. The molecule has 2 aromatic rings. The van der Waals surface area contributed by atoms with Crippen LogP contribution in [0.1, 0.15) is 0 Å². The lowest BCUT2D eigenvalue weighted by Crippen LogP contribution is -2.19. The van der Waals surface area contributed by atoms with E-state index in [1.807, 2.05) is 0 Å². The van der Waals surface area contributed by atoms with Gasteiger partial charge in [0.1, 0.15) is 0 Å². The van der Waals surface area contributed by atoms with Crippen molar-refractivity contribution >= 4 is 5.69 Å². The van der Waals surface area contributed by atoms with Gasteiger partial charge in [0, 0.05) is 5.56 Å². The van der Waals surface area contributed by atoms with Gasteiger partial charge >= 0.3 is 6.36 Å². The Hall–Kier alpha value is -2.24. The molecule has 0 spiro atoms. The first-order valence-corrected chi connectivity index (χ1v) is 5.27. The third kappa shape index (κ3) is 2.96. The number of alkyl halides is 3. The molecule has 2 nitrogen and oxygen atoms in total. The van der Waals surface area contributed by atoms with Crippen molar-refractivity contribution in [2.24, 2.45) is 0 Å². The number of anilines is 1. The van der Waals surface area contributed by atoms with Crippen molar-refractivity contribution in [3.05, 3.63) is 48.3 Å². The molecule has 0 atom stereocenters. The van der Waals surface area contributed by atoms with E-state index in [1.165, 1.54) is 12.1 Å². The number of benzene rings is 2. The molecule has 0 heterocycles. The number of halogens is 4. The molecular weight excluding hydrogens is 262 g/mol. The van der Waals surface area contributed by atoms with Crippen LogP contribution in [-0.2, 0) is 0 Å². The Kier molecular flexibility index (Phi) is 3.33. The van der Waals surface area contributed by atoms with Gasteiger partial charge in [-0.25, -0.2) is 4.39 Å². The van der Waals surface area contributed by atoms with Crippen LogP contribution in [0.3, 0.4) is 0 Å². The Labute approximate surface area is 106 Å². The molecule has 2 rings (SSSR count). The standard InChI is InChI=1S/C13H9F4NO/c14-11-9(8-4-2-1-3-5-8)6-7-10(18)12(11)19-13(15,16)17/h1-7H,18H2. The van der Waals surface area contributed by atoms with Gasteiger partial charge in [0.05, 0.1) is 5.69 Å². The Morgan fingerprint density at radius 3 is 2.16 bits per heavy atom. The minimum Gasteiger partial charge on any atom is -0.400 e. The lowest BCUT2D eigenvalue weighted by atomic mass is 10.0. The molecule has 2 aromatic carbocycles. The van der Waals surface area contributed by atoms with Gasteiger partial charge in [0.15, 0.2) is 11.6 Å². The molecule has 0 aromatic heterocycles. The number of hydrogen-bond acceptors (Lipinski definition) is 2. The summed E-state index contributed by atoms with van der Waals surface area (Å²) in [6.45, 7) is 0. The van der Waals surface area contributed by atoms with Gasteiger partial charge < -0.3 is 10.5 Å². The summed E-state index contributed by atoms with van der Waals surface area (Å²) in [6, 6.07) is 10.6. The normalized spacial score (nSPS) is 11.4. The first-order chi connectivity index (χ1) is 8.88. The average Bonchev–Trinajstić information content (AvgIpc) is 2.34. The van der Waals surface area contributed by atoms with E-state index < -0.39 is 23.6 Å². The van der Waals surface area contributed by atoms with Gasteiger partial charge in [-0.05, 0) is 17.7 Å². The first kappa shape index (κ1) is 13.2. The second kappa shape index (κ2) is 4.79. The molecule has 0 aliphatic heterocycles. The fourth-order valence-corrected chi connectivity index (χ4v) is 1.63. The largest absolute Gasteiger partial charge is 0.573 e. The van der Waals surface area contributed by atoms with E-state index in [0.717, 1.165) is 0 Å². The van der Waals surface area contributed by atoms with E-state index in [-0.39, 0.29) is 5.56 Å². The molecule has 6 heteroatoms. The molecule has 100 valence electrons. The Morgan fingerprint density at radius 2 is 1.58 bits per heavy atom. The summed E-state index contributed by atoms with van der Waals surface area (Å²) in [7, 11) is 0. The van der Waals surface area contributed by atoms with Crippen molar-refractivity contribution in [3.8, 4) is 16.9 Å². The third-order valence-electron chi connectivity index (χ3n) is 2.43. The van der Waals surface area contributed by atoms with E-state index in [4.69, 9.17) is 5.73 Å². The molecule has 0 aliphatic carbocycles. The van der Waals surface area contributed by atoms with Crippen LogP contribution in [0.5, 0.6) is 5.75 Å². The molecular formula is C13H9F4NO. The molecule has 0 saturated heterocycles. The fraction of sp³-hybridized carbons (Fsp3) is 0.0769. The zero-order valence-electron chi connectivity index (χ0n) is 9.54. The highest BCUT2D eigenvalue weighted by Gasteiger charge is 2.34. The Morgan fingerprint density at radius 1 is 0.947 bits per heavy atom. The lowest BCUT2D eigenvalue weighted by Gasteiger charge is -2.14. The SMILES string of the molecule is Nc1ccc(-c2ccccc2)c(F)c1OC(F)(F)F. The van der Waals surface area contributed by atoms with Gasteiger partial charge in [-0.15, -0.1) is 13.2 Å². The van der Waals surface area contributed by atoms with E-state index in [9.17, 15) is 17.6 Å². The first-order valence-electron chi connectivity index (χ1n) is 5.27. The molecule has 0 unspecified atom stereocenters. The quantitative estimate of drug-likeness (QED) is 0.662. The van der Waals surface area contributed by atoms with Gasteiger partial charge in [-0.3, -0.25) is 0 Å². The molecule has 0 amide bonds. The maximum atomic E-state index is 14.0. The zero-order valence-corrected chi connectivity index (χ0v) is 9.54. The maximum Gasteiger partial charge on any atom is 0.573 e. The van der Waals surface area contributed by atoms with Gasteiger partial charge in [-0.2, -0.15) is 0 Å². The van der Waals surface area contributed by atoms with Crippen molar-refractivity contribution in [1.29, 1.82) is 0 Å². The van der Waals surface area contributed by atoms with Crippen LogP contribution >= 0.6 is 0 Å². The monoisotopic (exact) mass is 271 g/mol. The maximum absolute atomic E-state index is 14.0. The van der Waals surface area contributed by atoms with E-state index in [2.05, 4.69) is 4.74 Å². The van der Waals surface area contributed by atoms with Gasteiger partial charge in [-0.1, -0.05) is 30.3 Å². The van der Waals surface area contributed by atoms with Gasteiger partial charge in [0.2, 0.25) is 0 Å². The molecule has 19 heavy (non-hydrogen) atoms. The smallest absolute Gasteiger partial charge is 0.400 e. The predicted octanol–water partition coefficient (Wildman–Crippen LogP) is 3.97. The number of ether oxygens (including phenoxy) is 1. The summed E-state index contributed by atoms with van der Waals surface area (Å²) < 4.78 is 54.2. The van der Waals surface area contributed by atoms with E-state index in [0.29, 0.717) is 5.56 Å². The van der Waals surface area contributed by atoms with Crippen molar-refractivity contribution < 1.29 is 22.3 Å². The molecule has 0 radical (unpaired) electrons. The van der Waals surface area contributed by atoms with Crippen LogP contribution < -0.4 is 10.5 Å². The van der Waals surface area contributed by atoms with Crippen molar-refractivity contribution in [2.75, 3.05) is 5.73 Å². The van der Waals surface area contributed by atoms with Crippen molar-refractivity contribution in [2.45, 2.75) is 6.36 Å². The van der Waals surface area contributed by atoms with Crippen LogP contribution in [0.25, 0.3) is 11.1 Å². The van der Waals surface area contributed by atoms with E-state index >= 15 is 0 Å². The second-order valence-corrected chi connectivity index (χ2v) is 3.76. The average molecular weight is 271 g/mol. The van der Waals surface area contributed by atoms with E-state index in [1.54, 1.807) is 30.3 Å². The minimum absolute atomic E-state index is 0.00551. The molecule has 0 fully saturated rings. The predicted molar refractivity (Wildman–Crippen MR) is 62.9 cm³/mol. The van der Waals surface area contributed by atoms with Gasteiger partial charge in [0.25, 0.3) is 0 Å². The third-order valence-corrected chi connectivity index (χ3v) is 2.43. The highest BCUT2D eigenvalue weighted by Crippen LogP contribution is 2.36. The molecule has 2 N–H and O–H groups in total. The van der Waals surface area contributed by atoms with Crippen LogP contribution in [0, 0.1) is 5.82 Å². The number of hydrogen-bond donors (Lipinski definition) is 1. The van der Waals surface area contributed by atoms with Crippen molar-refractivity contribution in [1.82, 2.24) is 0 Å². The number of nitrogens with two attached hydrogens (primary N) is 1. The number of nitrogen functional groups attached to an aromatic ring is 1. The van der Waals surface area contributed by atoms with Crippen LogP contribution in [0.15, 0.2) is 42.5 Å². The molecule has 0 saturated carbocycles. The molecule has 0 aliphatic rings. The highest BCUT2D eigenvalue weighted by atomic mass is 19.4. The van der Waals surface area contributed by atoms with Crippen molar-refractivity contribution in [3.63, 3.8) is 0 Å². The highest BCUT2D eigenvalue weighted by molar-refractivity contribution is 5.70. The van der Waals surface area contributed by atoms with Crippen LogP contribution in [0.2, 0.25) is 0 Å². The van der Waals surface area contributed by atoms with Crippen LogP contribution in [0.4, 0.5) is 23.2 Å². The lowest BCUT2D eigenvalue weighted by molar-refractivity contribution is -0.275. The minimum atomic E-state index is -5.00. The summed E-state index contributed by atoms with van der Waals surface area (Å²) in [4.78, 5) is 0. The Balaban J connectivity index is 2.52. The Bertz CT molecular complexity index is 581. The van der Waals surface area contributed by atoms with Crippen LogP contribution in [-0.4, -0.2) is 6.36 Å². The zero-order chi connectivity index (χ0) is 14.0. The summed E-state index contributed by atoms with van der Waals surface area (Å²) in [5.74, 6) is -2.14. The summed E-state index contributed by atoms with van der Waals surface area (Å²) in [5, 5.41) is 0. The molecule has 0 bridgehead atoms.